The third-order valence-electron chi connectivity index (χ3n) is 3.24. The minimum absolute atomic E-state index is 0.0147. The van der Waals surface area contributed by atoms with Gasteiger partial charge in [0.2, 0.25) is 5.91 Å². The van der Waals surface area contributed by atoms with Crippen LogP contribution in [-0.2, 0) is 9.59 Å². The summed E-state index contributed by atoms with van der Waals surface area (Å²) in [6.45, 7) is 4.43. The molecule has 0 aromatic carbocycles. The van der Waals surface area contributed by atoms with E-state index in [1.165, 1.54) is 0 Å². The van der Waals surface area contributed by atoms with Crippen LogP contribution in [0.3, 0.4) is 0 Å². The maximum Gasteiger partial charge on any atom is 0.317 e. The Morgan fingerprint density at radius 3 is 2.43 bits per heavy atom. The number of carbonyl (C=O) groups is 3. The lowest BCUT2D eigenvalue weighted by Crippen LogP contribution is -2.45. The Balaban J connectivity index is 2.24. The summed E-state index contributed by atoms with van der Waals surface area (Å²) in [5.41, 5.74) is 0. The number of nitrogens with zero attached hydrogens (tertiary/aromatic N) is 1. The van der Waals surface area contributed by atoms with Crippen molar-refractivity contribution in [3.8, 4) is 0 Å². The van der Waals surface area contributed by atoms with Crippen molar-refractivity contribution < 1.29 is 19.5 Å². The fourth-order valence-electron chi connectivity index (χ4n) is 1.91. The van der Waals surface area contributed by atoms with E-state index in [2.05, 4.69) is 10.6 Å². The van der Waals surface area contributed by atoms with Crippen molar-refractivity contribution in [2.24, 2.45) is 0 Å². The lowest BCUT2D eigenvalue weighted by atomic mass is 10.2. The van der Waals surface area contributed by atoms with Gasteiger partial charge in [-0.2, -0.15) is 0 Å². The highest BCUT2D eigenvalue weighted by atomic mass is 16.4. The molecule has 21 heavy (non-hydrogen) atoms. The molecular weight excluding hydrogens is 274 g/mol. The minimum Gasteiger partial charge on any atom is -0.481 e. The highest BCUT2D eigenvalue weighted by Crippen LogP contribution is 2.18. The predicted octanol–water partition coefficient (Wildman–Crippen LogP) is 0.940. The van der Waals surface area contributed by atoms with Gasteiger partial charge in [0, 0.05) is 38.0 Å². The van der Waals surface area contributed by atoms with E-state index < -0.39 is 5.97 Å². The number of hydrogen-bond donors (Lipinski definition) is 3. The molecular formula is C14H25N3O4. The van der Waals surface area contributed by atoms with Crippen LogP contribution in [0.25, 0.3) is 0 Å². The third kappa shape index (κ3) is 7.53. The van der Waals surface area contributed by atoms with Crippen LogP contribution in [0.4, 0.5) is 4.79 Å². The van der Waals surface area contributed by atoms with Gasteiger partial charge in [0.05, 0.1) is 0 Å². The van der Waals surface area contributed by atoms with Gasteiger partial charge in [-0.15, -0.1) is 0 Å². The van der Waals surface area contributed by atoms with Gasteiger partial charge in [0.1, 0.15) is 0 Å². The average Bonchev–Trinajstić information content (AvgIpc) is 3.17. The predicted molar refractivity (Wildman–Crippen MR) is 77.9 cm³/mol. The SMILES string of the molecule is CC(C)N(CCCC(=O)O)C(=O)NCCC(=O)NC1CC1. The van der Waals surface area contributed by atoms with Gasteiger partial charge in [0.25, 0.3) is 0 Å². The zero-order chi connectivity index (χ0) is 15.8. The van der Waals surface area contributed by atoms with Crippen molar-refractivity contribution in [2.45, 2.75) is 58.0 Å². The first kappa shape index (κ1) is 17.3. The van der Waals surface area contributed by atoms with E-state index >= 15 is 0 Å². The summed E-state index contributed by atoms with van der Waals surface area (Å²) in [4.78, 5) is 35.6. The average molecular weight is 299 g/mol. The quantitative estimate of drug-likeness (QED) is 0.590. The Morgan fingerprint density at radius 1 is 1.24 bits per heavy atom. The van der Waals surface area contributed by atoms with Gasteiger partial charge < -0.3 is 20.6 Å². The molecule has 7 heteroatoms. The van der Waals surface area contributed by atoms with Crippen LogP contribution in [-0.4, -0.2) is 53.1 Å². The Bertz CT molecular complexity index is 380. The Labute approximate surface area is 125 Å². The second-order valence-corrected chi connectivity index (χ2v) is 5.61. The fourth-order valence-corrected chi connectivity index (χ4v) is 1.91. The molecule has 1 saturated carbocycles. The highest BCUT2D eigenvalue weighted by molar-refractivity contribution is 5.78. The van der Waals surface area contributed by atoms with Crippen LogP contribution in [0.1, 0.15) is 46.0 Å². The smallest absolute Gasteiger partial charge is 0.317 e. The Morgan fingerprint density at radius 2 is 1.90 bits per heavy atom. The van der Waals surface area contributed by atoms with Gasteiger partial charge in [-0.1, -0.05) is 0 Å². The molecule has 0 aromatic heterocycles. The molecule has 0 aliphatic heterocycles. The number of rotatable bonds is 9. The molecule has 0 spiro atoms. The van der Waals surface area contributed by atoms with E-state index in [0.717, 1.165) is 12.8 Å². The van der Waals surface area contributed by atoms with E-state index in [0.29, 0.717) is 25.6 Å². The molecule has 1 aliphatic carbocycles. The van der Waals surface area contributed by atoms with Gasteiger partial charge >= 0.3 is 12.0 Å². The van der Waals surface area contributed by atoms with Crippen LogP contribution in [0, 0.1) is 0 Å². The first-order valence-electron chi connectivity index (χ1n) is 7.45. The molecule has 0 aromatic rings. The van der Waals surface area contributed by atoms with Crippen molar-refractivity contribution in [2.75, 3.05) is 13.1 Å². The monoisotopic (exact) mass is 299 g/mol. The molecule has 0 saturated heterocycles. The first-order valence-corrected chi connectivity index (χ1v) is 7.45. The molecule has 0 unspecified atom stereocenters. The van der Waals surface area contributed by atoms with Gasteiger partial charge in [-0.05, 0) is 33.1 Å². The van der Waals surface area contributed by atoms with Crippen LogP contribution in [0.5, 0.6) is 0 Å². The number of aliphatic carboxylic acids is 1. The molecule has 1 aliphatic rings. The standard InChI is InChI=1S/C14H25N3O4/c1-10(2)17(9-3-4-13(19)20)14(21)15-8-7-12(18)16-11-5-6-11/h10-11H,3-9H2,1-2H3,(H,15,21)(H,16,18)(H,19,20). The van der Waals surface area contributed by atoms with E-state index in [4.69, 9.17) is 5.11 Å². The molecule has 0 bridgehead atoms. The van der Waals surface area contributed by atoms with E-state index in [1.807, 2.05) is 13.8 Å². The highest BCUT2D eigenvalue weighted by Gasteiger charge is 2.23. The van der Waals surface area contributed by atoms with Crippen molar-refractivity contribution in [1.29, 1.82) is 0 Å². The molecule has 0 atom stereocenters. The summed E-state index contributed by atoms with van der Waals surface area (Å²) in [6.07, 6.45) is 2.82. The summed E-state index contributed by atoms with van der Waals surface area (Å²) < 4.78 is 0. The normalized spacial score (nSPS) is 13.9. The third-order valence-corrected chi connectivity index (χ3v) is 3.24. The molecule has 1 rings (SSSR count). The van der Waals surface area contributed by atoms with Crippen LogP contribution in [0.2, 0.25) is 0 Å². The summed E-state index contributed by atoms with van der Waals surface area (Å²) in [5.74, 6) is -0.907. The summed E-state index contributed by atoms with van der Waals surface area (Å²) in [5, 5.41) is 14.2. The number of carboxylic acid groups (broad SMARTS) is 1. The molecule has 120 valence electrons. The molecule has 3 amide bonds. The van der Waals surface area contributed by atoms with Crippen molar-refractivity contribution >= 4 is 17.9 Å². The molecule has 7 nitrogen and oxygen atoms in total. The number of urea groups is 1. The van der Waals surface area contributed by atoms with Crippen molar-refractivity contribution in [3.63, 3.8) is 0 Å². The number of nitrogens with one attached hydrogen (secondary N) is 2. The maximum absolute atomic E-state index is 12.0. The lowest BCUT2D eigenvalue weighted by molar-refractivity contribution is -0.137. The van der Waals surface area contributed by atoms with Crippen LogP contribution >= 0.6 is 0 Å². The number of hydrogen-bond acceptors (Lipinski definition) is 3. The van der Waals surface area contributed by atoms with E-state index in [-0.39, 0.29) is 30.8 Å². The van der Waals surface area contributed by atoms with Gasteiger partial charge in [0.15, 0.2) is 0 Å². The number of amides is 3. The molecule has 3 N–H and O–H groups in total. The second kappa shape index (κ2) is 8.49. The fraction of sp³-hybridized carbons (Fsp3) is 0.786. The van der Waals surface area contributed by atoms with Gasteiger partial charge in [-0.25, -0.2) is 4.79 Å². The maximum atomic E-state index is 12.0. The summed E-state index contributed by atoms with van der Waals surface area (Å²) in [7, 11) is 0. The topological polar surface area (TPSA) is 98.7 Å². The Hall–Kier alpha value is -1.79. The lowest BCUT2D eigenvalue weighted by Gasteiger charge is -2.26. The van der Waals surface area contributed by atoms with Gasteiger partial charge in [-0.3, -0.25) is 9.59 Å². The molecule has 0 heterocycles. The number of carbonyl (C=O) groups excluding carboxylic acids is 2. The van der Waals surface area contributed by atoms with Crippen LogP contribution < -0.4 is 10.6 Å². The largest absolute Gasteiger partial charge is 0.481 e. The molecule has 1 fully saturated rings. The van der Waals surface area contributed by atoms with Crippen LogP contribution in [0.15, 0.2) is 0 Å². The first-order chi connectivity index (χ1) is 9.90. The Kier molecular flexibility index (Phi) is 6.98. The number of carboxylic acids is 1. The summed E-state index contributed by atoms with van der Waals surface area (Å²) >= 11 is 0. The second-order valence-electron chi connectivity index (χ2n) is 5.61. The zero-order valence-electron chi connectivity index (χ0n) is 12.7. The van der Waals surface area contributed by atoms with Crippen molar-refractivity contribution in [3.05, 3.63) is 0 Å². The minimum atomic E-state index is -0.865. The summed E-state index contributed by atoms with van der Waals surface area (Å²) in [6, 6.07) is 0.0603. The van der Waals surface area contributed by atoms with Crippen molar-refractivity contribution in [1.82, 2.24) is 15.5 Å². The molecule has 0 radical (unpaired) electrons. The van der Waals surface area contributed by atoms with E-state index in [1.54, 1.807) is 4.90 Å². The van der Waals surface area contributed by atoms with E-state index in [9.17, 15) is 14.4 Å². The zero-order valence-corrected chi connectivity index (χ0v) is 12.7.